The van der Waals surface area contributed by atoms with Crippen LogP contribution in [-0.2, 0) is 0 Å². The first-order chi connectivity index (χ1) is 6.02. The summed E-state index contributed by atoms with van der Waals surface area (Å²) in [5, 5.41) is 8.57. The molecular formula is C7H8AsNO4. The number of hydrogen-bond acceptors (Lipinski definition) is 4. The summed E-state index contributed by atoms with van der Waals surface area (Å²) in [5.74, 6) is -1.09. The van der Waals surface area contributed by atoms with Gasteiger partial charge in [0.15, 0.2) is 0 Å². The standard InChI is InChI=1S/C7H8AsNO4/c9-6-3-4(7(10)11)1-2-5(6)8(12)13/h1-3,12-13H,9H2,(H,10,11). The molecule has 5 nitrogen and oxygen atoms in total. The number of aromatic carboxylic acids is 1. The van der Waals surface area contributed by atoms with E-state index in [-0.39, 0.29) is 15.6 Å². The molecule has 13 heavy (non-hydrogen) atoms. The van der Waals surface area contributed by atoms with Crippen molar-refractivity contribution in [2.45, 2.75) is 0 Å². The Morgan fingerprint density at radius 2 is 2.00 bits per heavy atom. The van der Waals surface area contributed by atoms with E-state index in [9.17, 15) is 4.79 Å². The number of carboxylic acids is 1. The topological polar surface area (TPSA) is 104 Å². The van der Waals surface area contributed by atoms with Crippen LogP contribution >= 0.6 is 0 Å². The molecule has 0 spiro atoms. The van der Waals surface area contributed by atoms with E-state index in [2.05, 4.69) is 0 Å². The van der Waals surface area contributed by atoms with Gasteiger partial charge in [-0.1, -0.05) is 0 Å². The fraction of sp³-hybridized carbons (Fsp3) is 0. The van der Waals surface area contributed by atoms with E-state index in [1.807, 2.05) is 0 Å². The number of anilines is 1. The quantitative estimate of drug-likeness (QED) is 0.381. The van der Waals surface area contributed by atoms with Gasteiger partial charge in [-0.15, -0.1) is 0 Å². The van der Waals surface area contributed by atoms with Crippen molar-refractivity contribution in [1.29, 1.82) is 0 Å². The van der Waals surface area contributed by atoms with Crippen molar-refractivity contribution in [3.05, 3.63) is 23.8 Å². The number of carboxylic acid groups (broad SMARTS) is 1. The van der Waals surface area contributed by atoms with Crippen LogP contribution in [0.3, 0.4) is 0 Å². The van der Waals surface area contributed by atoms with Crippen molar-refractivity contribution in [3.63, 3.8) is 0 Å². The zero-order chi connectivity index (χ0) is 10.0. The molecule has 1 aromatic carbocycles. The van der Waals surface area contributed by atoms with Crippen LogP contribution in [0.25, 0.3) is 0 Å². The molecule has 0 saturated carbocycles. The first-order valence-corrected chi connectivity index (χ1v) is 5.94. The molecule has 0 saturated heterocycles. The number of nitrogen functional groups attached to an aromatic ring is 1. The second kappa shape index (κ2) is 3.79. The van der Waals surface area contributed by atoms with Gasteiger partial charge in [-0.05, 0) is 0 Å². The Bertz CT molecular complexity index is 339. The van der Waals surface area contributed by atoms with E-state index >= 15 is 0 Å². The summed E-state index contributed by atoms with van der Waals surface area (Å²) in [7, 11) is 0. The van der Waals surface area contributed by atoms with Crippen molar-refractivity contribution in [2.24, 2.45) is 0 Å². The summed E-state index contributed by atoms with van der Waals surface area (Å²) in [4.78, 5) is 10.5. The van der Waals surface area contributed by atoms with E-state index in [1.165, 1.54) is 18.2 Å². The molecule has 0 aliphatic heterocycles. The summed E-state index contributed by atoms with van der Waals surface area (Å²) < 4.78 is 18.1. The van der Waals surface area contributed by atoms with Gasteiger partial charge in [0.05, 0.1) is 0 Å². The first-order valence-electron chi connectivity index (χ1n) is 3.33. The van der Waals surface area contributed by atoms with Crippen LogP contribution in [0.1, 0.15) is 10.4 Å². The molecule has 0 bridgehead atoms. The normalized spacial score (nSPS) is 10.4. The van der Waals surface area contributed by atoms with Gasteiger partial charge in [-0.3, -0.25) is 0 Å². The van der Waals surface area contributed by atoms with Crippen LogP contribution in [0, 0.1) is 0 Å². The summed E-state index contributed by atoms with van der Waals surface area (Å²) in [6.07, 6.45) is 0. The second-order valence-electron chi connectivity index (χ2n) is 2.37. The third-order valence-corrected chi connectivity index (χ3v) is 3.25. The maximum atomic E-state index is 10.5. The Labute approximate surface area is 79.4 Å². The molecule has 0 aliphatic rings. The molecule has 0 unspecified atom stereocenters. The van der Waals surface area contributed by atoms with Gasteiger partial charge in [-0.25, -0.2) is 0 Å². The van der Waals surface area contributed by atoms with Gasteiger partial charge in [0.25, 0.3) is 0 Å². The van der Waals surface area contributed by atoms with E-state index in [4.69, 9.17) is 19.0 Å². The van der Waals surface area contributed by atoms with Crippen molar-refractivity contribution in [2.75, 3.05) is 5.73 Å². The molecule has 5 N–H and O–H groups in total. The fourth-order valence-electron chi connectivity index (χ4n) is 0.870. The van der Waals surface area contributed by atoms with Crippen LogP contribution < -0.4 is 10.1 Å². The molecule has 0 fully saturated rings. The molecule has 6 heteroatoms. The van der Waals surface area contributed by atoms with Crippen LogP contribution in [0.2, 0.25) is 0 Å². The predicted molar refractivity (Wildman–Crippen MR) is 47.6 cm³/mol. The van der Waals surface area contributed by atoms with E-state index in [1.54, 1.807) is 0 Å². The summed E-state index contributed by atoms with van der Waals surface area (Å²) in [5.41, 5.74) is 5.57. The van der Waals surface area contributed by atoms with E-state index in [0.717, 1.165) is 0 Å². The van der Waals surface area contributed by atoms with Crippen molar-refractivity contribution >= 4 is 31.3 Å². The van der Waals surface area contributed by atoms with Gasteiger partial charge in [0, 0.05) is 0 Å². The van der Waals surface area contributed by atoms with Crippen molar-refractivity contribution < 1.29 is 18.1 Å². The number of benzene rings is 1. The molecule has 1 rings (SSSR count). The van der Waals surface area contributed by atoms with Gasteiger partial charge >= 0.3 is 78.9 Å². The molecule has 70 valence electrons. The average molecular weight is 245 g/mol. The van der Waals surface area contributed by atoms with Crippen molar-refractivity contribution in [3.8, 4) is 0 Å². The maximum absolute atomic E-state index is 10.5. The number of rotatable bonds is 2. The van der Waals surface area contributed by atoms with Crippen molar-refractivity contribution in [1.82, 2.24) is 0 Å². The minimum atomic E-state index is -3.00. The third kappa shape index (κ3) is 2.21. The van der Waals surface area contributed by atoms with Crippen LogP contribution in [0.5, 0.6) is 0 Å². The SMILES string of the molecule is Nc1cc(C(=O)O)ccc1[As](O)O. The molecule has 0 amide bonds. The first kappa shape index (κ1) is 10.1. The monoisotopic (exact) mass is 245 g/mol. The van der Waals surface area contributed by atoms with E-state index < -0.39 is 21.3 Å². The Morgan fingerprint density at radius 1 is 1.38 bits per heavy atom. The summed E-state index contributed by atoms with van der Waals surface area (Å²) in [6.45, 7) is 0. The molecule has 1 aromatic rings. The van der Waals surface area contributed by atoms with Crippen LogP contribution in [-0.4, -0.2) is 34.6 Å². The van der Waals surface area contributed by atoms with Gasteiger partial charge in [0.1, 0.15) is 0 Å². The minimum absolute atomic E-state index is 0.0390. The molecule has 0 aliphatic carbocycles. The predicted octanol–water partition coefficient (Wildman–Crippen LogP) is -1.35. The van der Waals surface area contributed by atoms with Gasteiger partial charge in [-0.2, -0.15) is 0 Å². The fourth-order valence-corrected chi connectivity index (χ4v) is 1.93. The molecular weight excluding hydrogens is 237 g/mol. The molecule has 0 atom stereocenters. The zero-order valence-electron chi connectivity index (χ0n) is 6.51. The number of hydrogen-bond donors (Lipinski definition) is 4. The zero-order valence-corrected chi connectivity index (χ0v) is 8.38. The molecule has 0 aromatic heterocycles. The summed E-state index contributed by atoms with van der Waals surface area (Å²) >= 11 is -3.00. The van der Waals surface area contributed by atoms with Crippen LogP contribution in [0.4, 0.5) is 5.69 Å². The van der Waals surface area contributed by atoms with Gasteiger partial charge < -0.3 is 0 Å². The Kier molecular flexibility index (Phi) is 2.93. The Morgan fingerprint density at radius 3 is 2.38 bits per heavy atom. The number of nitrogens with two attached hydrogens (primary N) is 1. The second-order valence-corrected chi connectivity index (χ2v) is 4.59. The van der Waals surface area contributed by atoms with Crippen LogP contribution in [0.15, 0.2) is 18.2 Å². The third-order valence-electron chi connectivity index (χ3n) is 1.49. The van der Waals surface area contributed by atoms with Gasteiger partial charge in [0.2, 0.25) is 0 Å². The summed E-state index contributed by atoms with van der Waals surface area (Å²) in [6, 6.07) is 3.84. The molecule has 0 radical (unpaired) electrons. The molecule has 0 heterocycles. The Hall–Kier alpha value is -1.03. The average Bonchev–Trinajstić information content (AvgIpc) is 2.03. The number of carbonyl (C=O) groups is 1. The van der Waals surface area contributed by atoms with E-state index in [0.29, 0.717) is 0 Å². The Balaban J connectivity index is 3.13.